The maximum Gasteiger partial charge on any atom is 0.418 e. The zero-order valence-electron chi connectivity index (χ0n) is 10.6. The van der Waals surface area contributed by atoms with E-state index < -0.39 is 34.5 Å². The van der Waals surface area contributed by atoms with Gasteiger partial charge in [0.25, 0.3) is 0 Å². The number of hydroxylamine groups is 2. The number of esters is 1. The fourth-order valence-corrected chi connectivity index (χ4v) is 3.96. The van der Waals surface area contributed by atoms with Crippen LogP contribution in [0.5, 0.6) is 0 Å². The molecule has 2 aliphatic heterocycles. The van der Waals surface area contributed by atoms with Gasteiger partial charge in [-0.15, -0.1) is 15.6 Å². The molecule has 9 nitrogen and oxygen atoms in total. The Hall–Kier alpha value is -1.69. The highest BCUT2D eigenvalue weighted by Gasteiger charge is 2.53. The number of fused-ring (bicyclic) bond motifs is 4. The lowest BCUT2D eigenvalue weighted by molar-refractivity contribution is -0.146. The summed E-state index contributed by atoms with van der Waals surface area (Å²) in [4.78, 5) is 25.9. The van der Waals surface area contributed by atoms with E-state index in [1.54, 1.807) is 11.4 Å². The van der Waals surface area contributed by atoms with Crippen LogP contribution in [-0.2, 0) is 24.2 Å². The highest BCUT2D eigenvalue weighted by atomic mass is 32.3. The molecule has 1 saturated heterocycles. The number of thiophene rings is 1. The predicted octanol–water partition coefficient (Wildman–Crippen LogP) is 0.489. The number of rotatable bonds is 3. The van der Waals surface area contributed by atoms with Gasteiger partial charge in [0, 0.05) is 4.88 Å². The van der Waals surface area contributed by atoms with Crippen LogP contribution in [-0.4, -0.2) is 48.6 Å². The average Bonchev–Trinajstić information content (AvgIpc) is 2.97. The van der Waals surface area contributed by atoms with Gasteiger partial charge < -0.3 is 9.64 Å². The number of amides is 2. The number of urea groups is 1. The second kappa shape index (κ2) is 4.66. The summed E-state index contributed by atoms with van der Waals surface area (Å²) in [6.45, 7) is 0.0673. The Morgan fingerprint density at radius 1 is 1.52 bits per heavy atom. The minimum Gasteiger partial charge on any atom is -0.467 e. The Balaban J connectivity index is 2.06. The van der Waals surface area contributed by atoms with Gasteiger partial charge in [0.2, 0.25) is 0 Å². The predicted molar refractivity (Wildman–Crippen MR) is 68.4 cm³/mol. The Labute approximate surface area is 123 Å². The van der Waals surface area contributed by atoms with Gasteiger partial charge in [-0.2, -0.15) is 13.5 Å². The Morgan fingerprint density at radius 3 is 2.86 bits per heavy atom. The number of ether oxygens (including phenoxy) is 1. The van der Waals surface area contributed by atoms with Gasteiger partial charge in [-0.3, -0.25) is 4.55 Å². The third-order valence-electron chi connectivity index (χ3n) is 3.33. The van der Waals surface area contributed by atoms with Gasteiger partial charge in [-0.05, 0) is 17.0 Å². The van der Waals surface area contributed by atoms with E-state index in [2.05, 4.69) is 4.28 Å². The first kappa shape index (κ1) is 14.3. The average molecular weight is 334 g/mol. The van der Waals surface area contributed by atoms with Crippen molar-refractivity contribution in [2.45, 2.75) is 12.1 Å². The Morgan fingerprint density at radius 2 is 2.24 bits per heavy atom. The van der Waals surface area contributed by atoms with Crippen molar-refractivity contribution >= 4 is 33.7 Å². The number of hydrogen-bond acceptors (Lipinski definition) is 7. The highest BCUT2D eigenvalue weighted by Crippen LogP contribution is 2.46. The van der Waals surface area contributed by atoms with E-state index in [9.17, 15) is 18.0 Å². The standard InChI is InChI=1S/C10H10N2O7S2/c1-18-9(13)7-8-5(2-3-20-8)6-4-11(7)10(14)12(6)19-21(15,16)17/h2-3,6-7H,4H2,1H3,(H,15,16,17)/t6-,7?/m1/s1. The summed E-state index contributed by atoms with van der Waals surface area (Å²) in [6, 6.07) is -0.793. The molecule has 3 heterocycles. The third-order valence-corrected chi connectivity index (χ3v) is 4.67. The molecular weight excluding hydrogens is 324 g/mol. The second-order valence-electron chi connectivity index (χ2n) is 4.44. The van der Waals surface area contributed by atoms with Crippen molar-refractivity contribution in [3.63, 3.8) is 0 Å². The summed E-state index contributed by atoms with van der Waals surface area (Å²) in [5.41, 5.74) is 0.598. The van der Waals surface area contributed by atoms with Crippen LogP contribution in [0.4, 0.5) is 4.79 Å². The fourth-order valence-electron chi connectivity index (χ4n) is 2.54. The molecule has 2 amide bonds. The molecule has 2 bridgehead atoms. The van der Waals surface area contributed by atoms with E-state index >= 15 is 0 Å². The first-order valence-corrected chi connectivity index (χ1v) is 8.00. The van der Waals surface area contributed by atoms with Crippen molar-refractivity contribution in [3.8, 4) is 0 Å². The molecule has 0 aliphatic carbocycles. The Bertz CT molecular complexity index is 713. The van der Waals surface area contributed by atoms with Crippen LogP contribution in [0.2, 0.25) is 0 Å². The smallest absolute Gasteiger partial charge is 0.418 e. The first-order chi connectivity index (χ1) is 9.83. The summed E-state index contributed by atoms with van der Waals surface area (Å²) in [6.07, 6.45) is 0. The monoisotopic (exact) mass is 334 g/mol. The van der Waals surface area contributed by atoms with Crippen molar-refractivity contribution in [1.29, 1.82) is 0 Å². The molecule has 1 unspecified atom stereocenters. The SMILES string of the molecule is COC(=O)C1c2sccc2[C@H]2CN1C(=O)N2OS(=O)(=O)O. The number of methoxy groups -OCH3 is 1. The van der Waals surface area contributed by atoms with Crippen LogP contribution < -0.4 is 0 Å². The van der Waals surface area contributed by atoms with Crippen LogP contribution in [0.15, 0.2) is 11.4 Å². The normalized spacial score (nSPS) is 24.2. The fraction of sp³-hybridized carbons (Fsp3) is 0.400. The number of hydrogen-bond donors (Lipinski definition) is 1. The van der Waals surface area contributed by atoms with Gasteiger partial charge in [0.05, 0.1) is 13.7 Å². The molecule has 2 aliphatic rings. The highest BCUT2D eigenvalue weighted by molar-refractivity contribution is 7.80. The topological polar surface area (TPSA) is 113 Å². The van der Waals surface area contributed by atoms with Gasteiger partial charge >= 0.3 is 22.4 Å². The zero-order chi connectivity index (χ0) is 15.4. The number of nitrogens with zero attached hydrogens (tertiary/aromatic N) is 2. The van der Waals surface area contributed by atoms with Gasteiger partial charge in [-0.25, -0.2) is 9.59 Å². The van der Waals surface area contributed by atoms with E-state index in [1.807, 2.05) is 0 Å². The molecule has 11 heteroatoms. The second-order valence-corrected chi connectivity index (χ2v) is 6.40. The lowest BCUT2D eigenvalue weighted by atomic mass is 10.00. The van der Waals surface area contributed by atoms with E-state index in [0.717, 1.165) is 4.90 Å². The minimum atomic E-state index is -4.84. The van der Waals surface area contributed by atoms with Crippen LogP contribution >= 0.6 is 11.3 Å². The maximum absolute atomic E-state index is 12.2. The summed E-state index contributed by atoms with van der Waals surface area (Å²) in [7, 11) is -3.64. The first-order valence-electron chi connectivity index (χ1n) is 5.75. The molecule has 1 N–H and O–H groups in total. The van der Waals surface area contributed by atoms with Gasteiger partial charge in [-0.1, -0.05) is 0 Å². The lowest BCUT2D eigenvalue weighted by Gasteiger charge is -2.28. The largest absolute Gasteiger partial charge is 0.467 e. The lowest BCUT2D eigenvalue weighted by Crippen LogP contribution is -2.38. The summed E-state index contributed by atoms with van der Waals surface area (Å²) < 4.78 is 39.6. The molecule has 3 rings (SSSR count). The van der Waals surface area contributed by atoms with Crippen molar-refractivity contribution < 1.29 is 31.6 Å². The third kappa shape index (κ3) is 2.18. The zero-order valence-corrected chi connectivity index (χ0v) is 12.3. The van der Waals surface area contributed by atoms with Crippen LogP contribution in [0.25, 0.3) is 0 Å². The van der Waals surface area contributed by atoms with E-state index in [-0.39, 0.29) is 6.54 Å². The quantitative estimate of drug-likeness (QED) is 0.632. The minimum absolute atomic E-state index is 0.0673. The van der Waals surface area contributed by atoms with Crippen molar-refractivity contribution in [2.24, 2.45) is 0 Å². The Kier molecular flexibility index (Phi) is 3.16. The molecular formula is C10H10N2O7S2. The number of carbonyl (C=O) groups is 2. The van der Waals surface area contributed by atoms with Crippen LogP contribution in [0, 0.1) is 0 Å². The molecule has 2 atom stereocenters. The van der Waals surface area contributed by atoms with E-state index in [0.29, 0.717) is 15.5 Å². The molecule has 0 aromatic carbocycles. The molecule has 21 heavy (non-hydrogen) atoms. The molecule has 0 spiro atoms. The summed E-state index contributed by atoms with van der Waals surface area (Å²) >= 11 is 1.26. The number of carbonyl (C=O) groups excluding carboxylic acids is 2. The van der Waals surface area contributed by atoms with Crippen LogP contribution in [0.1, 0.15) is 22.5 Å². The molecule has 0 saturated carbocycles. The molecule has 114 valence electrons. The summed E-state index contributed by atoms with van der Waals surface area (Å²) in [5, 5.41) is 2.28. The van der Waals surface area contributed by atoms with E-state index in [4.69, 9.17) is 9.29 Å². The van der Waals surface area contributed by atoms with Crippen molar-refractivity contribution in [2.75, 3.05) is 13.7 Å². The molecule has 0 radical (unpaired) electrons. The van der Waals surface area contributed by atoms with Crippen molar-refractivity contribution in [1.82, 2.24) is 9.96 Å². The van der Waals surface area contributed by atoms with Crippen molar-refractivity contribution in [3.05, 3.63) is 21.9 Å². The van der Waals surface area contributed by atoms with E-state index in [1.165, 1.54) is 18.4 Å². The molecule has 1 fully saturated rings. The van der Waals surface area contributed by atoms with Gasteiger partial charge in [0.1, 0.15) is 6.04 Å². The molecule has 1 aromatic heterocycles. The van der Waals surface area contributed by atoms with Gasteiger partial charge in [0.15, 0.2) is 6.04 Å². The maximum atomic E-state index is 12.2. The summed E-state index contributed by atoms with van der Waals surface area (Å²) in [5.74, 6) is -0.626. The molecule has 1 aromatic rings. The van der Waals surface area contributed by atoms with Crippen LogP contribution in [0.3, 0.4) is 0 Å².